The summed E-state index contributed by atoms with van der Waals surface area (Å²) in [5.74, 6) is 0.804. The molecule has 1 saturated heterocycles. The van der Waals surface area contributed by atoms with Crippen molar-refractivity contribution in [3.8, 4) is 5.75 Å². The van der Waals surface area contributed by atoms with Crippen LogP contribution in [-0.4, -0.2) is 35.4 Å². The highest BCUT2D eigenvalue weighted by atomic mass is 35.5. The number of ketones is 1. The smallest absolute Gasteiger partial charge is 0.321 e. The number of benzene rings is 2. The molecule has 28 heavy (non-hydrogen) atoms. The Balaban J connectivity index is 1.42. The largest absolute Gasteiger partial charge is 0.486 e. The number of halogens is 1. The second-order valence-corrected chi connectivity index (χ2v) is 7.93. The van der Waals surface area contributed by atoms with Gasteiger partial charge in [-0.2, -0.15) is 0 Å². The number of aryl methyl sites for hydroxylation is 1. The molecule has 1 N–H and O–H groups in total. The molecule has 1 fully saturated rings. The Morgan fingerprint density at radius 3 is 2.71 bits per heavy atom. The Morgan fingerprint density at radius 2 is 2.00 bits per heavy atom. The first kappa shape index (κ1) is 18.8. The van der Waals surface area contributed by atoms with Crippen molar-refractivity contribution in [3.05, 3.63) is 58.6 Å². The van der Waals surface area contributed by atoms with Crippen LogP contribution in [0.2, 0.25) is 5.02 Å². The normalized spacial score (nSPS) is 17.8. The van der Waals surface area contributed by atoms with Crippen molar-refractivity contribution in [1.29, 1.82) is 0 Å². The molecule has 2 aromatic carbocycles. The van der Waals surface area contributed by atoms with Gasteiger partial charge in [0.25, 0.3) is 0 Å². The molecule has 2 aliphatic heterocycles. The van der Waals surface area contributed by atoms with Crippen molar-refractivity contribution >= 4 is 29.1 Å². The minimum atomic E-state index is -0.509. The van der Waals surface area contributed by atoms with Crippen LogP contribution in [0.15, 0.2) is 42.5 Å². The van der Waals surface area contributed by atoms with Gasteiger partial charge < -0.3 is 15.0 Å². The van der Waals surface area contributed by atoms with Gasteiger partial charge in [0.15, 0.2) is 5.78 Å². The Bertz CT molecular complexity index is 920. The van der Waals surface area contributed by atoms with Gasteiger partial charge >= 0.3 is 6.03 Å². The number of urea groups is 1. The highest BCUT2D eigenvalue weighted by Gasteiger charge is 2.43. The van der Waals surface area contributed by atoms with Crippen molar-refractivity contribution in [2.45, 2.75) is 38.2 Å². The van der Waals surface area contributed by atoms with Gasteiger partial charge in [-0.05, 0) is 42.3 Å². The van der Waals surface area contributed by atoms with Crippen LogP contribution >= 0.6 is 11.6 Å². The Morgan fingerprint density at radius 1 is 1.21 bits per heavy atom. The zero-order chi connectivity index (χ0) is 19.7. The van der Waals surface area contributed by atoms with Crippen molar-refractivity contribution in [2.75, 3.05) is 18.4 Å². The van der Waals surface area contributed by atoms with Gasteiger partial charge in [-0.25, -0.2) is 4.79 Å². The summed E-state index contributed by atoms with van der Waals surface area (Å²) >= 11 is 5.97. The van der Waals surface area contributed by atoms with Crippen LogP contribution in [0.5, 0.6) is 5.75 Å². The monoisotopic (exact) mass is 398 g/mol. The van der Waals surface area contributed by atoms with Crippen LogP contribution in [0.4, 0.5) is 10.5 Å². The average Bonchev–Trinajstić information content (AvgIpc) is 2.68. The molecule has 4 rings (SSSR count). The lowest BCUT2D eigenvalue weighted by Crippen LogP contribution is -2.53. The van der Waals surface area contributed by atoms with E-state index in [1.165, 1.54) is 0 Å². The first-order valence-corrected chi connectivity index (χ1v) is 10.0. The highest BCUT2D eigenvalue weighted by molar-refractivity contribution is 6.30. The van der Waals surface area contributed by atoms with Gasteiger partial charge in [-0.1, -0.05) is 30.7 Å². The van der Waals surface area contributed by atoms with Crippen molar-refractivity contribution in [3.63, 3.8) is 0 Å². The number of anilines is 1. The summed E-state index contributed by atoms with van der Waals surface area (Å²) in [6.07, 6.45) is 2.53. The lowest BCUT2D eigenvalue weighted by atomic mass is 9.82. The quantitative estimate of drug-likeness (QED) is 0.779. The van der Waals surface area contributed by atoms with Crippen LogP contribution in [-0.2, 0) is 6.42 Å². The molecule has 6 heteroatoms. The number of rotatable bonds is 2. The van der Waals surface area contributed by atoms with Gasteiger partial charge in [0.05, 0.1) is 12.0 Å². The predicted molar refractivity (Wildman–Crippen MR) is 109 cm³/mol. The second-order valence-electron chi connectivity index (χ2n) is 7.50. The maximum absolute atomic E-state index is 12.7. The topological polar surface area (TPSA) is 58.6 Å². The van der Waals surface area contributed by atoms with E-state index in [-0.39, 0.29) is 11.8 Å². The van der Waals surface area contributed by atoms with Gasteiger partial charge in [-0.15, -0.1) is 0 Å². The van der Waals surface area contributed by atoms with E-state index in [1.54, 1.807) is 29.2 Å². The lowest BCUT2D eigenvalue weighted by molar-refractivity contribution is 0.000365. The van der Waals surface area contributed by atoms with Crippen LogP contribution in [0.1, 0.15) is 42.1 Å². The second kappa shape index (κ2) is 7.47. The number of Topliss-reactive ketones (excluding diaryl/α,β-unsaturated/α-hetero) is 1. The lowest BCUT2D eigenvalue weighted by Gasteiger charge is -2.43. The summed E-state index contributed by atoms with van der Waals surface area (Å²) in [7, 11) is 0. The van der Waals surface area contributed by atoms with E-state index >= 15 is 0 Å². The number of piperidine rings is 1. The number of carbonyl (C=O) groups is 2. The molecule has 0 aromatic heterocycles. The fourth-order valence-corrected chi connectivity index (χ4v) is 4.12. The predicted octanol–water partition coefficient (Wildman–Crippen LogP) is 4.93. The van der Waals surface area contributed by atoms with Gasteiger partial charge in [0, 0.05) is 36.6 Å². The summed E-state index contributed by atoms with van der Waals surface area (Å²) in [5.41, 5.74) is 1.98. The molecule has 0 unspecified atom stereocenters. The third-order valence-electron chi connectivity index (χ3n) is 5.60. The molecule has 146 valence electrons. The maximum Gasteiger partial charge on any atom is 0.321 e. The Labute approximate surface area is 169 Å². The van der Waals surface area contributed by atoms with Crippen molar-refractivity contribution < 1.29 is 14.3 Å². The van der Waals surface area contributed by atoms with Gasteiger partial charge in [0.1, 0.15) is 11.4 Å². The molecule has 2 heterocycles. The molecule has 5 nitrogen and oxygen atoms in total. The molecule has 2 amide bonds. The zero-order valence-electron chi connectivity index (χ0n) is 15.8. The van der Waals surface area contributed by atoms with Crippen LogP contribution < -0.4 is 10.1 Å². The number of carbonyl (C=O) groups excluding carboxylic acids is 2. The number of ether oxygens (including phenoxy) is 1. The van der Waals surface area contributed by atoms with E-state index in [4.69, 9.17) is 16.3 Å². The fourth-order valence-electron chi connectivity index (χ4n) is 3.93. The first-order chi connectivity index (χ1) is 13.5. The number of hydrogen-bond donors (Lipinski definition) is 1. The van der Waals surface area contributed by atoms with Gasteiger partial charge in [0.2, 0.25) is 0 Å². The zero-order valence-corrected chi connectivity index (χ0v) is 16.6. The third kappa shape index (κ3) is 3.72. The molecular weight excluding hydrogens is 376 g/mol. The fraction of sp³-hybridized carbons (Fsp3) is 0.364. The third-order valence-corrected chi connectivity index (χ3v) is 5.83. The van der Waals surface area contributed by atoms with Crippen molar-refractivity contribution in [1.82, 2.24) is 4.90 Å². The van der Waals surface area contributed by atoms with Crippen molar-refractivity contribution in [2.24, 2.45) is 0 Å². The summed E-state index contributed by atoms with van der Waals surface area (Å²) in [4.78, 5) is 27.0. The van der Waals surface area contributed by atoms with E-state index in [9.17, 15) is 9.59 Å². The minimum absolute atomic E-state index is 0.133. The number of fused-ring (bicyclic) bond motifs is 1. The number of nitrogens with zero attached hydrogens (tertiary/aromatic N) is 1. The first-order valence-electron chi connectivity index (χ1n) is 9.65. The standard InChI is InChI=1S/C22H23ClN2O3/c1-2-15-6-7-20-18(12-15)19(26)14-22(28-20)8-10-25(11-9-22)21(27)24-17-5-3-4-16(23)13-17/h3-7,12-13H,2,8-11,14H2,1H3,(H,24,27). The molecule has 2 aromatic rings. The number of likely N-dealkylation sites (tertiary alicyclic amines) is 1. The van der Waals surface area contributed by atoms with E-state index in [2.05, 4.69) is 12.2 Å². The molecule has 0 radical (unpaired) electrons. The Kier molecular flexibility index (Phi) is 5.02. The van der Waals surface area contributed by atoms with Crippen LogP contribution in [0.25, 0.3) is 0 Å². The molecule has 0 aliphatic carbocycles. The van der Waals surface area contributed by atoms with E-state index < -0.39 is 5.60 Å². The minimum Gasteiger partial charge on any atom is -0.486 e. The average molecular weight is 399 g/mol. The molecule has 0 saturated carbocycles. The molecule has 1 spiro atoms. The number of hydrogen-bond acceptors (Lipinski definition) is 3. The van der Waals surface area contributed by atoms with E-state index in [1.807, 2.05) is 18.2 Å². The summed E-state index contributed by atoms with van der Waals surface area (Å²) in [6, 6.07) is 12.8. The Hall–Kier alpha value is -2.53. The maximum atomic E-state index is 12.7. The number of amides is 2. The van der Waals surface area contributed by atoms with E-state index in [0.717, 1.165) is 12.0 Å². The molecule has 0 bridgehead atoms. The molecule has 0 atom stereocenters. The van der Waals surface area contributed by atoms with Gasteiger partial charge in [-0.3, -0.25) is 4.79 Å². The van der Waals surface area contributed by atoms with Crippen LogP contribution in [0, 0.1) is 0 Å². The highest BCUT2D eigenvalue weighted by Crippen LogP contribution is 2.39. The summed E-state index contributed by atoms with van der Waals surface area (Å²) in [6.45, 7) is 3.16. The summed E-state index contributed by atoms with van der Waals surface area (Å²) < 4.78 is 6.30. The number of nitrogens with one attached hydrogen (secondary N) is 1. The molecule has 2 aliphatic rings. The molecular formula is C22H23ClN2O3. The summed E-state index contributed by atoms with van der Waals surface area (Å²) in [5, 5.41) is 3.45. The SMILES string of the molecule is CCc1ccc2c(c1)C(=O)CC1(CCN(C(=O)Nc3cccc(Cl)c3)CC1)O2. The van der Waals surface area contributed by atoms with E-state index in [0.29, 0.717) is 54.4 Å². The van der Waals surface area contributed by atoms with Crippen LogP contribution in [0.3, 0.4) is 0 Å².